The van der Waals surface area contributed by atoms with Gasteiger partial charge in [0.2, 0.25) is 0 Å². The van der Waals surface area contributed by atoms with Gasteiger partial charge in [0.15, 0.2) is 6.29 Å². The zero-order chi connectivity index (χ0) is 25.8. The number of hydrogen-bond acceptors (Lipinski definition) is 8. The van der Waals surface area contributed by atoms with Gasteiger partial charge in [-0.05, 0) is 30.3 Å². The van der Waals surface area contributed by atoms with Gasteiger partial charge in [-0.3, -0.25) is 14.6 Å². The van der Waals surface area contributed by atoms with Crippen LogP contribution >= 0.6 is 0 Å². The van der Waals surface area contributed by atoms with Gasteiger partial charge in [-0.2, -0.15) is 13.2 Å². The first-order chi connectivity index (χ1) is 16.6. The van der Waals surface area contributed by atoms with Crippen molar-refractivity contribution in [3.8, 4) is 0 Å². The maximum atomic E-state index is 12.7. The second-order valence-electron chi connectivity index (χ2n) is 6.99. The van der Waals surface area contributed by atoms with Crippen molar-refractivity contribution < 1.29 is 22.4 Å². The van der Waals surface area contributed by atoms with E-state index in [1.54, 1.807) is 29.8 Å². The van der Waals surface area contributed by atoms with Gasteiger partial charge in [0.05, 0.1) is 28.7 Å². The van der Waals surface area contributed by atoms with Crippen LogP contribution in [0, 0.1) is 11.2 Å². The number of aldehydes is 1. The predicted octanol–water partition coefficient (Wildman–Crippen LogP) is 3.86. The number of nitrogens with one attached hydrogen (secondary N) is 3. The van der Waals surface area contributed by atoms with E-state index in [4.69, 9.17) is 11.1 Å². The van der Waals surface area contributed by atoms with E-state index in [0.29, 0.717) is 34.4 Å². The van der Waals surface area contributed by atoms with Crippen LogP contribution in [0.4, 0.5) is 34.9 Å². The van der Waals surface area contributed by atoms with Crippen LogP contribution in [0.15, 0.2) is 49.1 Å². The topological polar surface area (TPSA) is 134 Å². The number of rotatable bonds is 5. The van der Waals surface area contributed by atoms with Crippen LogP contribution in [0.5, 0.6) is 0 Å². The summed E-state index contributed by atoms with van der Waals surface area (Å²) in [5.41, 5.74) is 7.09. The van der Waals surface area contributed by atoms with Crippen LogP contribution in [-0.4, -0.2) is 45.4 Å². The largest absolute Gasteiger partial charge is 0.416 e. The van der Waals surface area contributed by atoms with E-state index < -0.39 is 17.6 Å². The molecule has 4 aromatic rings. The number of halogens is 4. The molecule has 0 unspecified atom stereocenters. The zero-order valence-corrected chi connectivity index (χ0v) is 18.5. The molecule has 0 atom stereocenters. The molecule has 13 heteroatoms. The molecule has 35 heavy (non-hydrogen) atoms. The lowest BCUT2D eigenvalue weighted by Gasteiger charge is -2.11. The number of nitrogens with two attached hydrogens (primary N) is 1. The van der Waals surface area contributed by atoms with E-state index >= 15 is 0 Å². The molecule has 3 aromatic heterocycles. The fourth-order valence-corrected chi connectivity index (χ4v) is 3.12. The first kappa shape index (κ1) is 25.1. The first-order valence-electron chi connectivity index (χ1n) is 9.95. The van der Waals surface area contributed by atoms with Gasteiger partial charge in [0.25, 0.3) is 0 Å². The Kier molecular flexibility index (Phi) is 7.28. The average Bonchev–Trinajstić information content (AvgIpc) is 3.25. The Morgan fingerprint density at radius 1 is 1.11 bits per heavy atom. The number of carbonyl (C=O) groups excluding carboxylic acids is 1. The summed E-state index contributed by atoms with van der Waals surface area (Å²) in [5.74, 6) is 0.00550. The molecule has 0 saturated carbocycles. The summed E-state index contributed by atoms with van der Waals surface area (Å²) >= 11 is 0. The third kappa shape index (κ3) is 5.34. The standard InChI is InChI=1S/C14H13N7O.C8H7F4N/c1-17-14-11(13(16)19-7-20-14)12(15)8-2-3-21-9(6-22)5-18-10(21)4-8;1-13-7-4-5(8(10,11)12)2-3-6(7)9/h2-7,15H,1H3,(H3,16,17,19,20);2-4,13H,1H3. The minimum absolute atomic E-state index is 0.158. The third-order valence-corrected chi connectivity index (χ3v) is 4.88. The Labute approximate surface area is 196 Å². The third-order valence-electron chi connectivity index (χ3n) is 4.88. The molecular weight excluding hydrogens is 468 g/mol. The average molecular weight is 488 g/mol. The Morgan fingerprint density at radius 3 is 2.49 bits per heavy atom. The summed E-state index contributed by atoms with van der Waals surface area (Å²) in [5, 5.41) is 13.6. The van der Waals surface area contributed by atoms with Crippen LogP contribution in [-0.2, 0) is 6.18 Å². The number of carbonyl (C=O) groups is 1. The van der Waals surface area contributed by atoms with Crippen LogP contribution in [0.2, 0.25) is 0 Å². The fraction of sp³-hybridized carbons (Fsp3) is 0.136. The lowest BCUT2D eigenvalue weighted by atomic mass is 10.0. The van der Waals surface area contributed by atoms with Crippen molar-refractivity contribution in [2.45, 2.75) is 6.18 Å². The molecule has 4 rings (SSSR count). The molecule has 3 heterocycles. The highest BCUT2D eigenvalue weighted by atomic mass is 19.4. The Bertz CT molecular complexity index is 1380. The molecule has 1 aromatic carbocycles. The molecule has 0 spiro atoms. The molecular formula is C22H20F4N8O. The second kappa shape index (κ2) is 10.2. The van der Waals surface area contributed by atoms with Crippen molar-refractivity contribution >= 4 is 35.0 Å². The summed E-state index contributed by atoms with van der Waals surface area (Å²) in [6.07, 6.45) is 0.808. The molecule has 0 fully saturated rings. The van der Waals surface area contributed by atoms with Gasteiger partial charge in [-0.1, -0.05) is 0 Å². The molecule has 0 amide bonds. The lowest BCUT2D eigenvalue weighted by Crippen LogP contribution is -2.12. The van der Waals surface area contributed by atoms with Crippen molar-refractivity contribution in [2.75, 3.05) is 30.5 Å². The highest BCUT2D eigenvalue weighted by Crippen LogP contribution is 2.31. The molecule has 182 valence electrons. The lowest BCUT2D eigenvalue weighted by molar-refractivity contribution is -0.137. The smallest absolute Gasteiger partial charge is 0.386 e. The molecule has 0 aliphatic carbocycles. The van der Waals surface area contributed by atoms with Crippen molar-refractivity contribution in [3.05, 3.63) is 77.3 Å². The highest BCUT2D eigenvalue weighted by molar-refractivity contribution is 6.16. The SMILES string of the molecule is CNc1cc(C(F)(F)F)ccc1F.CNc1ncnc(N)c1C(=N)c1ccn2c(C=O)cnc2c1. The fourth-order valence-electron chi connectivity index (χ4n) is 3.12. The minimum Gasteiger partial charge on any atom is -0.386 e. The summed E-state index contributed by atoms with van der Waals surface area (Å²) in [4.78, 5) is 23.1. The molecule has 9 nitrogen and oxygen atoms in total. The van der Waals surface area contributed by atoms with Crippen LogP contribution < -0.4 is 16.4 Å². The predicted molar refractivity (Wildman–Crippen MR) is 123 cm³/mol. The summed E-state index contributed by atoms with van der Waals surface area (Å²) < 4.78 is 50.6. The Hall–Kier alpha value is -4.55. The van der Waals surface area contributed by atoms with Crippen LogP contribution in [0.25, 0.3) is 5.65 Å². The number of anilines is 3. The van der Waals surface area contributed by atoms with Gasteiger partial charge in [0, 0.05) is 25.9 Å². The molecule has 0 aliphatic rings. The minimum atomic E-state index is -4.43. The number of pyridine rings is 1. The number of hydrogen-bond donors (Lipinski definition) is 4. The van der Waals surface area contributed by atoms with Gasteiger partial charge >= 0.3 is 6.18 Å². The monoisotopic (exact) mass is 488 g/mol. The molecule has 0 saturated heterocycles. The van der Waals surface area contributed by atoms with E-state index in [1.807, 2.05) is 0 Å². The maximum Gasteiger partial charge on any atom is 0.416 e. The Balaban J connectivity index is 0.000000225. The number of nitrogens with zero attached hydrogens (tertiary/aromatic N) is 4. The maximum absolute atomic E-state index is 12.7. The Morgan fingerprint density at radius 2 is 1.86 bits per heavy atom. The van der Waals surface area contributed by atoms with Gasteiger partial charge < -0.3 is 16.4 Å². The quantitative estimate of drug-likeness (QED) is 0.190. The number of fused-ring (bicyclic) bond motifs is 1. The summed E-state index contributed by atoms with van der Waals surface area (Å²) in [7, 11) is 3.06. The van der Waals surface area contributed by atoms with E-state index in [9.17, 15) is 22.4 Å². The van der Waals surface area contributed by atoms with Crippen LogP contribution in [0.3, 0.4) is 0 Å². The van der Waals surface area contributed by atoms with Crippen LogP contribution in [0.1, 0.15) is 27.2 Å². The van der Waals surface area contributed by atoms with Crippen molar-refractivity contribution in [1.82, 2.24) is 19.4 Å². The second-order valence-corrected chi connectivity index (χ2v) is 6.99. The zero-order valence-electron chi connectivity index (χ0n) is 18.5. The molecule has 0 bridgehead atoms. The molecule has 0 radical (unpaired) electrons. The molecule has 0 aliphatic heterocycles. The van der Waals surface area contributed by atoms with E-state index in [-0.39, 0.29) is 17.2 Å². The number of imidazole rings is 1. The van der Waals surface area contributed by atoms with Crippen molar-refractivity contribution in [3.63, 3.8) is 0 Å². The van der Waals surface area contributed by atoms with Crippen molar-refractivity contribution in [1.29, 1.82) is 5.41 Å². The normalized spacial score (nSPS) is 10.9. The number of nitrogen functional groups attached to an aromatic ring is 1. The summed E-state index contributed by atoms with van der Waals surface area (Å²) in [6.45, 7) is 0. The first-order valence-corrected chi connectivity index (χ1v) is 9.95. The van der Waals surface area contributed by atoms with E-state index in [1.165, 1.54) is 19.6 Å². The van der Waals surface area contributed by atoms with Gasteiger partial charge in [0.1, 0.15) is 35.1 Å². The van der Waals surface area contributed by atoms with Gasteiger partial charge in [-0.25, -0.2) is 19.3 Å². The van der Waals surface area contributed by atoms with E-state index in [2.05, 4.69) is 25.6 Å². The molecule has 5 N–H and O–H groups in total. The summed E-state index contributed by atoms with van der Waals surface area (Å²) in [6, 6.07) is 5.65. The highest BCUT2D eigenvalue weighted by Gasteiger charge is 2.31. The number of benzene rings is 1. The van der Waals surface area contributed by atoms with Crippen molar-refractivity contribution in [2.24, 2.45) is 0 Å². The van der Waals surface area contributed by atoms with E-state index in [0.717, 1.165) is 18.4 Å². The van der Waals surface area contributed by atoms with Gasteiger partial charge in [-0.15, -0.1) is 0 Å². The number of alkyl halides is 3. The number of aromatic nitrogens is 4.